The van der Waals surface area contributed by atoms with Gasteiger partial charge in [-0.2, -0.15) is 0 Å². The molecule has 3 aliphatic rings. The number of nitro benzene ring substituents is 1. The molecule has 1 spiro atoms. The van der Waals surface area contributed by atoms with Crippen LogP contribution in [0.1, 0.15) is 40.0 Å². The van der Waals surface area contributed by atoms with Crippen molar-refractivity contribution in [3.05, 3.63) is 46.0 Å². The van der Waals surface area contributed by atoms with Crippen LogP contribution in [0.25, 0.3) is 0 Å². The van der Waals surface area contributed by atoms with Crippen molar-refractivity contribution in [3.63, 3.8) is 0 Å². The van der Waals surface area contributed by atoms with Gasteiger partial charge in [-0.25, -0.2) is 0 Å². The van der Waals surface area contributed by atoms with Gasteiger partial charge < -0.3 is 14.6 Å². The number of fused-ring (bicyclic) bond motifs is 1. The van der Waals surface area contributed by atoms with Gasteiger partial charge in [-0.05, 0) is 48.8 Å². The Bertz CT molecular complexity index is 791. The van der Waals surface area contributed by atoms with Gasteiger partial charge >= 0.3 is 0 Å². The Hall–Kier alpha value is -1.92. The molecule has 2 bridgehead atoms. The third-order valence-electron chi connectivity index (χ3n) is 6.81. The molecular formula is C21H27NO5. The number of benzene rings is 1. The number of ether oxygens (including phenoxy) is 2. The lowest BCUT2D eigenvalue weighted by Crippen LogP contribution is -2.47. The molecule has 1 saturated carbocycles. The summed E-state index contributed by atoms with van der Waals surface area (Å²) in [5.41, 5.74) is 0.751. The summed E-state index contributed by atoms with van der Waals surface area (Å²) in [6.45, 7) is 6.79. The highest BCUT2D eigenvalue weighted by molar-refractivity contribution is 5.38. The zero-order valence-electron chi connectivity index (χ0n) is 16.1. The number of nitro groups is 1. The Balaban J connectivity index is 1.61. The molecule has 2 aliphatic heterocycles. The second-order valence-electron chi connectivity index (χ2n) is 8.66. The highest BCUT2D eigenvalue weighted by Gasteiger charge is 2.65. The molecule has 2 fully saturated rings. The maximum Gasteiger partial charge on any atom is 0.273 e. The van der Waals surface area contributed by atoms with Gasteiger partial charge in [-0.15, -0.1) is 0 Å². The predicted molar refractivity (Wildman–Crippen MR) is 100 cm³/mol. The molecule has 1 aliphatic carbocycles. The molecule has 6 heteroatoms. The molecule has 1 unspecified atom stereocenters. The number of hydrogen-bond acceptors (Lipinski definition) is 5. The molecule has 27 heavy (non-hydrogen) atoms. The van der Waals surface area contributed by atoms with Gasteiger partial charge in [0.1, 0.15) is 12.4 Å². The van der Waals surface area contributed by atoms with Crippen LogP contribution in [0.2, 0.25) is 0 Å². The van der Waals surface area contributed by atoms with E-state index in [-0.39, 0.29) is 23.1 Å². The lowest BCUT2D eigenvalue weighted by molar-refractivity contribution is -0.384. The summed E-state index contributed by atoms with van der Waals surface area (Å²) in [5.74, 6) is 0.225. The van der Waals surface area contributed by atoms with Gasteiger partial charge in [0.25, 0.3) is 5.69 Å². The van der Waals surface area contributed by atoms with Crippen molar-refractivity contribution in [3.8, 4) is 5.75 Å². The molecule has 1 aromatic carbocycles. The molecule has 4 rings (SSSR count). The first-order chi connectivity index (χ1) is 12.7. The van der Waals surface area contributed by atoms with Crippen LogP contribution in [0.15, 0.2) is 35.9 Å². The van der Waals surface area contributed by atoms with E-state index in [0.717, 1.165) is 24.8 Å². The second kappa shape index (κ2) is 6.31. The van der Waals surface area contributed by atoms with Crippen molar-refractivity contribution < 1.29 is 19.5 Å². The Kier molecular flexibility index (Phi) is 4.31. The Labute approximate surface area is 159 Å². The molecule has 6 nitrogen and oxygen atoms in total. The van der Waals surface area contributed by atoms with Gasteiger partial charge in [0.15, 0.2) is 5.79 Å². The maximum absolute atomic E-state index is 11.3. The zero-order chi connectivity index (χ0) is 19.4. The topological polar surface area (TPSA) is 81.8 Å². The van der Waals surface area contributed by atoms with E-state index in [1.54, 1.807) is 12.1 Å². The largest absolute Gasteiger partial charge is 0.489 e. The van der Waals surface area contributed by atoms with E-state index in [4.69, 9.17) is 9.47 Å². The molecule has 0 radical (unpaired) electrons. The van der Waals surface area contributed by atoms with E-state index in [9.17, 15) is 15.2 Å². The Morgan fingerprint density at radius 1 is 1.41 bits per heavy atom. The van der Waals surface area contributed by atoms with Gasteiger partial charge in [-0.1, -0.05) is 26.8 Å². The fourth-order valence-electron chi connectivity index (χ4n) is 5.39. The van der Waals surface area contributed by atoms with E-state index < -0.39 is 10.7 Å². The molecule has 1 aromatic rings. The van der Waals surface area contributed by atoms with Gasteiger partial charge in [0.2, 0.25) is 0 Å². The first-order valence-corrected chi connectivity index (χ1v) is 9.76. The molecule has 0 amide bonds. The van der Waals surface area contributed by atoms with E-state index >= 15 is 0 Å². The maximum atomic E-state index is 11.3. The summed E-state index contributed by atoms with van der Waals surface area (Å²) < 4.78 is 12.3. The van der Waals surface area contributed by atoms with E-state index in [1.165, 1.54) is 12.1 Å². The number of aliphatic hydroxyl groups is 1. The van der Waals surface area contributed by atoms with Crippen LogP contribution in [0.3, 0.4) is 0 Å². The van der Waals surface area contributed by atoms with E-state index in [1.807, 2.05) is 6.08 Å². The van der Waals surface area contributed by atoms with Crippen LogP contribution in [0, 0.1) is 33.8 Å². The normalized spacial score (nSPS) is 37.2. The highest BCUT2D eigenvalue weighted by atomic mass is 16.6. The average molecular weight is 373 g/mol. The fourth-order valence-corrected chi connectivity index (χ4v) is 5.39. The number of nitrogens with zero attached hydrogens (tertiary/aromatic N) is 1. The molecular weight excluding hydrogens is 346 g/mol. The summed E-state index contributed by atoms with van der Waals surface area (Å²) in [6.07, 6.45) is 4.82. The van der Waals surface area contributed by atoms with Crippen LogP contribution in [-0.2, 0) is 4.74 Å². The van der Waals surface area contributed by atoms with Crippen LogP contribution < -0.4 is 4.74 Å². The van der Waals surface area contributed by atoms with Crippen LogP contribution in [-0.4, -0.2) is 28.0 Å². The monoisotopic (exact) mass is 373 g/mol. The third kappa shape index (κ3) is 2.86. The van der Waals surface area contributed by atoms with E-state index in [2.05, 4.69) is 20.8 Å². The van der Waals surface area contributed by atoms with Crippen LogP contribution in [0.4, 0.5) is 5.69 Å². The Morgan fingerprint density at radius 2 is 2.19 bits per heavy atom. The fraction of sp³-hybridized carbons (Fsp3) is 0.619. The SMILES string of the molecule is CC(C)[C@@H]1C[C@@]23O[C@@]1(O)C=C(COc1cccc([N+](=O)[O-])c1)C2CC[C@@H]3C. The molecule has 1 N–H and O–H groups in total. The standard InChI is InChI=1S/C21H27NO5/c1-13(2)19-11-20-14(3)7-8-18(20)15(10-21(19,23)27-20)12-26-17-6-4-5-16(9-17)22(24)25/h4-6,9-10,13-14,18-19,23H,7-8,11-12H2,1-3H3/t14-,18?,19-,20-,21-/m0/s1. The summed E-state index contributed by atoms with van der Waals surface area (Å²) in [6, 6.07) is 6.23. The molecule has 2 heterocycles. The van der Waals surface area contributed by atoms with Crippen LogP contribution >= 0.6 is 0 Å². The minimum atomic E-state index is -1.25. The Morgan fingerprint density at radius 3 is 2.89 bits per heavy atom. The van der Waals surface area contributed by atoms with Crippen LogP contribution in [0.5, 0.6) is 5.75 Å². The second-order valence-corrected chi connectivity index (χ2v) is 8.66. The lowest BCUT2D eigenvalue weighted by Gasteiger charge is -2.41. The van der Waals surface area contributed by atoms with Crippen molar-refractivity contribution in [2.24, 2.45) is 23.7 Å². The van der Waals surface area contributed by atoms with Gasteiger partial charge in [0.05, 0.1) is 16.6 Å². The molecule has 5 atom stereocenters. The van der Waals surface area contributed by atoms with Crippen molar-refractivity contribution in [2.45, 2.75) is 51.4 Å². The number of rotatable bonds is 5. The highest BCUT2D eigenvalue weighted by Crippen LogP contribution is 2.62. The number of hydrogen-bond donors (Lipinski definition) is 1. The average Bonchev–Trinajstić information content (AvgIpc) is 3.07. The number of non-ortho nitro benzene ring substituents is 1. The van der Waals surface area contributed by atoms with Crippen molar-refractivity contribution in [1.29, 1.82) is 0 Å². The van der Waals surface area contributed by atoms with Gasteiger partial charge in [0, 0.05) is 17.9 Å². The third-order valence-corrected chi connectivity index (χ3v) is 6.81. The summed E-state index contributed by atoms with van der Waals surface area (Å²) in [7, 11) is 0. The first-order valence-electron chi connectivity index (χ1n) is 9.76. The van der Waals surface area contributed by atoms with E-state index in [0.29, 0.717) is 24.2 Å². The zero-order valence-corrected chi connectivity index (χ0v) is 16.1. The van der Waals surface area contributed by atoms with Crippen molar-refractivity contribution in [2.75, 3.05) is 6.61 Å². The predicted octanol–water partition coefficient (Wildman–Crippen LogP) is 4.08. The van der Waals surface area contributed by atoms with Gasteiger partial charge in [-0.3, -0.25) is 10.1 Å². The smallest absolute Gasteiger partial charge is 0.273 e. The minimum absolute atomic E-state index is 0.0120. The summed E-state index contributed by atoms with van der Waals surface area (Å²) in [5, 5.41) is 22.2. The van der Waals surface area contributed by atoms with Crippen molar-refractivity contribution in [1.82, 2.24) is 0 Å². The summed E-state index contributed by atoms with van der Waals surface area (Å²) >= 11 is 0. The lowest BCUT2D eigenvalue weighted by atomic mass is 9.76. The summed E-state index contributed by atoms with van der Waals surface area (Å²) in [4.78, 5) is 10.5. The molecule has 146 valence electrons. The molecule has 0 aromatic heterocycles. The first kappa shape index (κ1) is 18.4. The van der Waals surface area contributed by atoms with Crippen molar-refractivity contribution >= 4 is 5.69 Å². The quantitative estimate of drug-likeness (QED) is 0.478. The molecule has 1 saturated heterocycles. The minimum Gasteiger partial charge on any atom is -0.489 e.